The summed E-state index contributed by atoms with van der Waals surface area (Å²) in [6.07, 6.45) is 1.23. The summed E-state index contributed by atoms with van der Waals surface area (Å²) in [5, 5.41) is 23.2. The summed E-state index contributed by atoms with van der Waals surface area (Å²) >= 11 is 0. The van der Waals surface area contributed by atoms with Gasteiger partial charge in [-0.2, -0.15) is 9.78 Å². The van der Waals surface area contributed by atoms with E-state index in [1.54, 1.807) is 0 Å². The molecule has 3 aromatic rings. The third-order valence-corrected chi connectivity index (χ3v) is 3.25. The molecule has 0 aliphatic carbocycles. The van der Waals surface area contributed by atoms with Gasteiger partial charge in [0, 0.05) is 17.8 Å². The van der Waals surface area contributed by atoms with Gasteiger partial charge in [-0.3, -0.25) is 0 Å². The van der Waals surface area contributed by atoms with E-state index in [1.807, 2.05) is 31.2 Å². The third-order valence-electron chi connectivity index (χ3n) is 3.25. The lowest BCUT2D eigenvalue weighted by Gasteiger charge is -2.02. The molecule has 3 rings (SSSR count). The maximum Gasteiger partial charge on any atom is 0.337 e. The lowest BCUT2D eigenvalue weighted by molar-refractivity contribution is 0.0696. The molecular weight excluding hydrogens is 282 g/mol. The fourth-order valence-corrected chi connectivity index (χ4v) is 2.04. The van der Waals surface area contributed by atoms with Crippen molar-refractivity contribution in [3.63, 3.8) is 0 Å². The molecule has 0 unspecified atom stereocenters. The number of carbonyl (C=O) groups is 1. The molecule has 22 heavy (non-hydrogen) atoms. The first-order valence-corrected chi connectivity index (χ1v) is 6.60. The molecule has 110 valence electrons. The average Bonchev–Trinajstić information content (AvgIpc) is 2.90. The Morgan fingerprint density at radius 1 is 1.14 bits per heavy atom. The summed E-state index contributed by atoms with van der Waals surface area (Å²) in [5.74, 6) is -0.768. The average molecular weight is 295 g/mol. The van der Waals surface area contributed by atoms with E-state index in [2.05, 4.69) is 10.1 Å². The summed E-state index contributed by atoms with van der Waals surface area (Å²) in [6.45, 7) is 1.99. The molecule has 0 aliphatic rings. The monoisotopic (exact) mass is 295 g/mol. The van der Waals surface area contributed by atoms with Crippen LogP contribution in [0.5, 0.6) is 5.88 Å². The summed E-state index contributed by atoms with van der Waals surface area (Å²) in [7, 11) is 0. The minimum absolute atomic E-state index is 0.0637. The number of carboxylic acids is 1. The molecule has 6 heteroatoms. The highest BCUT2D eigenvalue weighted by molar-refractivity contribution is 5.87. The topological polar surface area (TPSA) is 88.2 Å². The van der Waals surface area contributed by atoms with Gasteiger partial charge in [0.15, 0.2) is 5.82 Å². The van der Waals surface area contributed by atoms with Crippen molar-refractivity contribution in [2.45, 2.75) is 6.92 Å². The third kappa shape index (κ3) is 2.54. The number of carboxylic acid groups (broad SMARTS) is 1. The van der Waals surface area contributed by atoms with Crippen LogP contribution < -0.4 is 0 Å². The van der Waals surface area contributed by atoms with Crippen molar-refractivity contribution in [2.75, 3.05) is 0 Å². The number of hydrogen-bond donors (Lipinski definition) is 2. The Morgan fingerprint density at radius 3 is 2.45 bits per heavy atom. The Hall–Kier alpha value is -3.15. The highest BCUT2D eigenvalue weighted by atomic mass is 16.4. The van der Waals surface area contributed by atoms with Crippen molar-refractivity contribution in [3.05, 3.63) is 59.8 Å². The van der Waals surface area contributed by atoms with E-state index in [0.29, 0.717) is 11.5 Å². The Morgan fingerprint density at radius 2 is 1.86 bits per heavy atom. The SMILES string of the molecule is Cc1ccc(-c2cc(O)n(-c3ccc(C(=O)O)cn3)n2)cc1. The van der Waals surface area contributed by atoms with Crippen LogP contribution in [0.3, 0.4) is 0 Å². The van der Waals surface area contributed by atoms with Crippen LogP contribution in [0.15, 0.2) is 48.7 Å². The smallest absolute Gasteiger partial charge is 0.337 e. The Balaban J connectivity index is 1.98. The molecule has 0 radical (unpaired) electrons. The number of rotatable bonds is 3. The summed E-state index contributed by atoms with van der Waals surface area (Å²) in [4.78, 5) is 14.8. The number of nitrogens with zero attached hydrogens (tertiary/aromatic N) is 3. The van der Waals surface area contributed by atoms with E-state index in [4.69, 9.17) is 5.11 Å². The normalized spacial score (nSPS) is 10.6. The second-order valence-electron chi connectivity index (χ2n) is 4.88. The molecule has 0 bridgehead atoms. The molecule has 0 aliphatic heterocycles. The van der Waals surface area contributed by atoms with Gasteiger partial charge in [-0.1, -0.05) is 29.8 Å². The zero-order valence-corrected chi connectivity index (χ0v) is 11.8. The van der Waals surface area contributed by atoms with Crippen molar-refractivity contribution in [1.29, 1.82) is 0 Å². The zero-order chi connectivity index (χ0) is 15.7. The Bertz CT molecular complexity index is 821. The molecule has 2 aromatic heterocycles. The Labute approximate surface area is 126 Å². The maximum absolute atomic E-state index is 10.8. The van der Waals surface area contributed by atoms with Gasteiger partial charge < -0.3 is 10.2 Å². The van der Waals surface area contributed by atoms with Gasteiger partial charge >= 0.3 is 5.97 Å². The van der Waals surface area contributed by atoms with Crippen LogP contribution in [0, 0.1) is 6.92 Å². The lowest BCUT2D eigenvalue weighted by Crippen LogP contribution is -2.02. The van der Waals surface area contributed by atoms with Crippen LogP contribution in [0.4, 0.5) is 0 Å². The highest BCUT2D eigenvalue weighted by Gasteiger charge is 2.12. The van der Waals surface area contributed by atoms with E-state index in [1.165, 1.54) is 29.1 Å². The number of aromatic carboxylic acids is 1. The first-order valence-electron chi connectivity index (χ1n) is 6.60. The molecule has 2 heterocycles. The fraction of sp³-hybridized carbons (Fsp3) is 0.0625. The largest absolute Gasteiger partial charge is 0.493 e. The van der Waals surface area contributed by atoms with E-state index >= 15 is 0 Å². The van der Waals surface area contributed by atoms with Gasteiger partial charge in [-0.25, -0.2) is 9.78 Å². The van der Waals surface area contributed by atoms with Crippen LogP contribution in [0.25, 0.3) is 17.1 Å². The van der Waals surface area contributed by atoms with Crippen LogP contribution in [0.2, 0.25) is 0 Å². The molecule has 0 atom stereocenters. The lowest BCUT2D eigenvalue weighted by atomic mass is 10.1. The fourth-order valence-electron chi connectivity index (χ4n) is 2.04. The van der Waals surface area contributed by atoms with E-state index in [9.17, 15) is 9.90 Å². The maximum atomic E-state index is 10.8. The molecular formula is C16H13N3O3. The summed E-state index contributed by atoms with van der Waals surface area (Å²) in [6, 6.07) is 12.2. The van der Waals surface area contributed by atoms with Crippen LogP contribution in [0.1, 0.15) is 15.9 Å². The first kappa shape index (κ1) is 13.8. The van der Waals surface area contributed by atoms with E-state index < -0.39 is 5.97 Å². The van der Waals surface area contributed by atoms with Gasteiger partial charge in [0.1, 0.15) is 0 Å². The molecule has 6 nitrogen and oxygen atoms in total. The predicted octanol–water partition coefficient (Wildman–Crippen LogP) is 2.65. The Kier molecular flexibility index (Phi) is 3.34. The second kappa shape index (κ2) is 5.33. The number of aromatic hydroxyl groups is 1. The van der Waals surface area contributed by atoms with Crippen molar-refractivity contribution >= 4 is 5.97 Å². The van der Waals surface area contributed by atoms with Crippen LogP contribution >= 0.6 is 0 Å². The minimum Gasteiger partial charge on any atom is -0.493 e. The molecule has 0 amide bonds. The van der Waals surface area contributed by atoms with Gasteiger partial charge in [-0.15, -0.1) is 0 Å². The molecule has 0 saturated carbocycles. The van der Waals surface area contributed by atoms with Gasteiger partial charge in [-0.05, 0) is 19.1 Å². The molecule has 0 saturated heterocycles. The van der Waals surface area contributed by atoms with Gasteiger partial charge in [0.25, 0.3) is 0 Å². The number of hydrogen-bond acceptors (Lipinski definition) is 4. The van der Waals surface area contributed by atoms with Crippen molar-refractivity contribution in [1.82, 2.24) is 14.8 Å². The van der Waals surface area contributed by atoms with Crippen molar-refractivity contribution in [2.24, 2.45) is 0 Å². The van der Waals surface area contributed by atoms with Gasteiger partial charge in [0.05, 0.1) is 11.3 Å². The number of benzene rings is 1. The highest BCUT2D eigenvalue weighted by Crippen LogP contribution is 2.24. The van der Waals surface area contributed by atoms with Gasteiger partial charge in [0.2, 0.25) is 5.88 Å². The molecule has 2 N–H and O–H groups in total. The first-order chi connectivity index (χ1) is 10.5. The zero-order valence-electron chi connectivity index (χ0n) is 11.8. The van der Waals surface area contributed by atoms with Crippen LogP contribution in [-0.2, 0) is 0 Å². The van der Waals surface area contributed by atoms with Crippen molar-refractivity contribution < 1.29 is 15.0 Å². The minimum atomic E-state index is -1.05. The number of aromatic nitrogens is 3. The quantitative estimate of drug-likeness (QED) is 0.775. The van der Waals surface area contributed by atoms with Crippen LogP contribution in [-0.4, -0.2) is 30.9 Å². The predicted molar refractivity (Wildman–Crippen MR) is 80.2 cm³/mol. The van der Waals surface area contributed by atoms with E-state index in [0.717, 1.165) is 11.1 Å². The second-order valence-corrected chi connectivity index (χ2v) is 4.88. The standard InChI is InChI=1S/C16H13N3O3/c1-10-2-4-11(5-3-10)13-8-15(20)19(18-13)14-7-6-12(9-17-14)16(21)22/h2-9,20H,1H3,(H,21,22). The molecule has 0 fully saturated rings. The van der Waals surface area contributed by atoms with Crippen molar-refractivity contribution in [3.8, 4) is 23.0 Å². The molecule has 0 spiro atoms. The van der Waals surface area contributed by atoms with E-state index in [-0.39, 0.29) is 11.4 Å². The summed E-state index contributed by atoms with van der Waals surface area (Å²) in [5.41, 5.74) is 2.70. The number of aryl methyl sites for hydroxylation is 1. The molecule has 1 aromatic carbocycles. The summed E-state index contributed by atoms with van der Waals surface area (Å²) < 4.78 is 1.26. The number of pyridine rings is 1.